The average molecular weight is 326 g/mol. The van der Waals surface area contributed by atoms with Crippen molar-refractivity contribution < 1.29 is 14.4 Å². The molecule has 2 rings (SSSR count). The molecule has 7 nitrogen and oxygen atoms in total. The maximum absolute atomic E-state index is 12.7. The van der Waals surface area contributed by atoms with Gasteiger partial charge in [0.2, 0.25) is 5.91 Å². The third-order valence-corrected chi connectivity index (χ3v) is 3.94. The topological polar surface area (TPSA) is 108 Å². The van der Waals surface area contributed by atoms with Gasteiger partial charge in [-0.05, 0) is 19.9 Å². The molecule has 0 saturated heterocycles. The van der Waals surface area contributed by atoms with Gasteiger partial charge in [0.25, 0.3) is 11.8 Å². The molecule has 0 aliphatic carbocycles. The second-order valence-corrected chi connectivity index (χ2v) is 5.20. The first-order chi connectivity index (χ1) is 11.5. The Hall–Kier alpha value is -3.14. The number of rotatable bonds is 5. The largest absolute Gasteiger partial charge is 0.365 e. The summed E-state index contributed by atoms with van der Waals surface area (Å²) in [6.07, 6.45) is 0. The number of carbonyl (C=O) groups excluding carboxylic acids is 3. The van der Waals surface area contributed by atoms with Crippen molar-refractivity contribution >= 4 is 29.0 Å². The lowest BCUT2D eigenvalue weighted by Gasteiger charge is -2.23. The fourth-order valence-corrected chi connectivity index (χ4v) is 2.72. The van der Waals surface area contributed by atoms with E-state index in [1.807, 2.05) is 13.8 Å². The minimum atomic E-state index is -0.965. The van der Waals surface area contributed by atoms with Crippen molar-refractivity contribution in [3.05, 3.63) is 35.4 Å². The molecule has 0 aromatic heterocycles. The Morgan fingerprint density at radius 3 is 2.42 bits per heavy atom. The molecule has 1 aromatic carbocycles. The number of likely N-dealkylation sites (N-methyl/N-ethyl adjacent to an activating group) is 1. The fraction of sp³-hybridized carbons (Fsp3) is 0.294. The number of nitrogens with two attached hydrogens (primary N) is 1. The van der Waals surface area contributed by atoms with Gasteiger partial charge in [0.1, 0.15) is 18.2 Å². The molecule has 0 saturated carbocycles. The van der Waals surface area contributed by atoms with E-state index >= 15 is 0 Å². The standard InChI is InChI=1S/C17H18N4O3/c1-3-20(4-2)14(22)10-21-13-8-6-5-7-11(13)15(17(21)24)12(9-18)16(19)23/h5-8H,3-4,10H2,1-2H3,(H2,19,23)/b15-12-. The lowest BCUT2D eigenvalue weighted by Crippen LogP contribution is -2.41. The van der Waals surface area contributed by atoms with Crippen LogP contribution in [0.5, 0.6) is 0 Å². The van der Waals surface area contributed by atoms with E-state index < -0.39 is 17.4 Å². The van der Waals surface area contributed by atoms with Crippen LogP contribution in [-0.4, -0.2) is 42.3 Å². The van der Waals surface area contributed by atoms with Crippen molar-refractivity contribution in [3.8, 4) is 6.07 Å². The van der Waals surface area contributed by atoms with Crippen molar-refractivity contribution in [2.45, 2.75) is 13.8 Å². The molecule has 1 aliphatic heterocycles. The van der Waals surface area contributed by atoms with Crippen LogP contribution in [0, 0.1) is 11.3 Å². The van der Waals surface area contributed by atoms with E-state index in [1.54, 1.807) is 35.2 Å². The van der Waals surface area contributed by atoms with Crippen molar-refractivity contribution in [3.63, 3.8) is 0 Å². The molecule has 2 N–H and O–H groups in total. The Labute approximate surface area is 139 Å². The molecule has 0 spiro atoms. The highest BCUT2D eigenvalue weighted by Gasteiger charge is 2.37. The van der Waals surface area contributed by atoms with E-state index in [0.29, 0.717) is 24.3 Å². The highest BCUT2D eigenvalue weighted by atomic mass is 16.2. The van der Waals surface area contributed by atoms with Crippen molar-refractivity contribution in [1.29, 1.82) is 5.26 Å². The van der Waals surface area contributed by atoms with Crippen LogP contribution in [0.3, 0.4) is 0 Å². The minimum absolute atomic E-state index is 0.0482. The number of hydrogen-bond donors (Lipinski definition) is 1. The average Bonchev–Trinajstić information content (AvgIpc) is 2.83. The van der Waals surface area contributed by atoms with Crippen molar-refractivity contribution in [1.82, 2.24) is 4.90 Å². The number of anilines is 1. The quantitative estimate of drug-likeness (QED) is 0.633. The molecule has 1 aliphatic rings. The zero-order valence-electron chi connectivity index (χ0n) is 13.6. The molecule has 0 radical (unpaired) electrons. The Balaban J connectivity index is 2.51. The summed E-state index contributed by atoms with van der Waals surface area (Å²) >= 11 is 0. The Kier molecular flexibility index (Phi) is 4.99. The van der Waals surface area contributed by atoms with Crippen LogP contribution < -0.4 is 10.6 Å². The van der Waals surface area contributed by atoms with Crippen LogP contribution in [0.25, 0.3) is 5.57 Å². The van der Waals surface area contributed by atoms with Gasteiger partial charge in [-0.3, -0.25) is 19.3 Å². The van der Waals surface area contributed by atoms with Gasteiger partial charge in [-0.15, -0.1) is 0 Å². The van der Waals surface area contributed by atoms with Crippen LogP contribution in [0.2, 0.25) is 0 Å². The minimum Gasteiger partial charge on any atom is -0.365 e. The summed E-state index contributed by atoms with van der Waals surface area (Å²) in [5.41, 5.74) is 5.70. The van der Waals surface area contributed by atoms with Gasteiger partial charge in [0.15, 0.2) is 0 Å². The summed E-state index contributed by atoms with van der Waals surface area (Å²) < 4.78 is 0. The smallest absolute Gasteiger partial charge is 0.261 e. The number of hydrogen-bond acceptors (Lipinski definition) is 4. The molecule has 0 atom stereocenters. The lowest BCUT2D eigenvalue weighted by molar-refractivity contribution is -0.130. The first kappa shape index (κ1) is 17.2. The molecule has 1 heterocycles. The number of amides is 3. The third kappa shape index (κ3) is 2.86. The van der Waals surface area contributed by atoms with E-state index in [-0.39, 0.29) is 18.0 Å². The zero-order valence-corrected chi connectivity index (χ0v) is 13.6. The van der Waals surface area contributed by atoms with Gasteiger partial charge < -0.3 is 10.6 Å². The summed E-state index contributed by atoms with van der Waals surface area (Å²) in [6, 6.07) is 8.41. The van der Waals surface area contributed by atoms with Crippen LogP contribution >= 0.6 is 0 Å². The van der Waals surface area contributed by atoms with E-state index in [2.05, 4.69) is 0 Å². The number of carbonyl (C=O) groups is 3. The molecule has 1 aromatic rings. The highest BCUT2D eigenvalue weighted by Crippen LogP contribution is 2.38. The molecule has 24 heavy (non-hydrogen) atoms. The Morgan fingerprint density at radius 2 is 1.88 bits per heavy atom. The maximum atomic E-state index is 12.7. The summed E-state index contributed by atoms with van der Waals surface area (Å²) in [4.78, 5) is 39.5. The van der Waals surface area contributed by atoms with Gasteiger partial charge >= 0.3 is 0 Å². The van der Waals surface area contributed by atoms with Crippen molar-refractivity contribution in [2.24, 2.45) is 5.73 Å². The lowest BCUT2D eigenvalue weighted by atomic mass is 10.0. The van der Waals surface area contributed by atoms with Gasteiger partial charge in [-0.1, -0.05) is 18.2 Å². The number of nitrogens with zero attached hydrogens (tertiary/aromatic N) is 3. The van der Waals surface area contributed by atoms with E-state index in [9.17, 15) is 19.6 Å². The second-order valence-electron chi connectivity index (χ2n) is 5.20. The monoisotopic (exact) mass is 326 g/mol. The Morgan fingerprint density at radius 1 is 1.25 bits per heavy atom. The molecular weight excluding hydrogens is 308 g/mol. The predicted octanol–water partition coefficient (Wildman–Crippen LogP) is 0.664. The number of primary amides is 1. The number of nitriles is 1. The molecule has 3 amide bonds. The van der Waals surface area contributed by atoms with E-state index in [4.69, 9.17) is 5.73 Å². The number of benzene rings is 1. The SMILES string of the molecule is CCN(CC)C(=O)CN1C(=O)/C(=C(/C#N)C(N)=O)c2ccccc21. The third-order valence-electron chi connectivity index (χ3n) is 3.94. The van der Waals surface area contributed by atoms with Crippen LogP contribution in [0.1, 0.15) is 19.4 Å². The summed E-state index contributed by atoms with van der Waals surface area (Å²) in [7, 11) is 0. The normalized spacial score (nSPS) is 14.9. The predicted molar refractivity (Wildman–Crippen MR) is 88.5 cm³/mol. The van der Waals surface area contributed by atoms with Crippen LogP contribution in [0.4, 0.5) is 5.69 Å². The summed E-state index contributed by atoms with van der Waals surface area (Å²) in [5, 5.41) is 9.18. The first-order valence-corrected chi connectivity index (χ1v) is 7.59. The van der Waals surface area contributed by atoms with Crippen LogP contribution in [-0.2, 0) is 14.4 Å². The molecule has 7 heteroatoms. The second kappa shape index (κ2) is 6.96. The summed E-state index contributed by atoms with van der Waals surface area (Å²) in [6.45, 7) is 4.62. The molecular formula is C17H18N4O3. The molecule has 0 fully saturated rings. The molecule has 0 bridgehead atoms. The van der Waals surface area contributed by atoms with Gasteiger partial charge in [0, 0.05) is 18.7 Å². The van der Waals surface area contributed by atoms with Crippen LogP contribution in [0.15, 0.2) is 29.8 Å². The van der Waals surface area contributed by atoms with Crippen molar-refractivity contribution in [2.75, 3.05) is 24.5 Å². The highest BCUT2D eigenvalue weighted by molar-refractivity contribution is 6.37. The first-order valence-electron chi connectivity index (χ1n) is 7.59. The van der Waals surface area contributed by atoms with Gasteiger partial charge in [0.05, 0.1) is 11.3 Å². The van der Waals surface area contributed by atoms with Gasteiger partial charge in [-0.2, -0.15) is 5.26 Å². The molecule has 124 valence electrons. The molecule has 0 unspecified atom stereocenters. The fourth-order valence-electron chi connectivity index (χ4n) is 2.72. The van der Waals surface area contributed by atoms with E-state index in [0.717, 1.165) is 0 Å². The van der Waals surface area contributed by atoms with Gasteiger partial charge in [-0.25, -0.2) is 0 Å². The summed E-state index contributed by atoms with van der Waals surface area (Å²) in [5.74, 6) is -1.73. The zero-order chi connectivity index (χ0) is 17.9. The Bertz CT molecular complexity index is 772. The maximum Gasteiger partial charge on any atom is 0.261 e. The van der Waals surface area contributed by atoms with E-state index in [1.165, 1.54) is 4.90 Å². The number of para-hydroxylation sites is 1. The number of fused-ring (bicyclic) bond motifs is 1.